The summed E-state index contributed by atoms with van der Waals surface area (Å²) in [4.78, 5) is 24.5. The number of rotatable bonds is 8. The first-order valence-electron chi connectivity index (χ1n) is 9.32. The quantitative estimate of drug-likeness (QED) is 0.446. The molecule has 0 atom stereocenters. The van der Waals surface area contributed by atoms with E-state index in [1.54, 1.807) is 29.1 Å². The lowest BCUT2D eigenvalue weighted by Crippen LogP contribution is -2.29. The number of ether oxygens (including phenoxy) is 3. The van der Waals surface area contributed by atoms with Gasteiger partial charge in [-0.05, 0) is 30.3 Å². The number of aromatic nitrogens is 2. The predicted molar refractivity (Wildman–Crippen MR) is 114 cm³/mol. The second kappa shape index (κ2) is 9.98. The fourth-order valence-electron chi connectivity index (χ4n) is 2.84. The van der Waals surface area contributed by atoms with E-state index in [4.69, 9.17) is 20.6 Å². The fourth-order valence-corrected chi connectivity index (χ4v) is 2.84. The van der Waals surface area contributed by atoms with E-state index >= 15 is 0 Å². The fraction of sp³-hybridized carbons (Fsp3) is 0.174. The SMILES string of the molecule is C#CCNC(=O)COC(=O)c1cn(-c2ccccc2)nc1-c1ccc(OC)c(OC)c1. The topological polar surface area (TPSA) is 91.7 Å². The average Bonchev–Trinajstić information content (AvgIpc) is 3.27. The van der Waals surface area contributed by atoms with Crippen LogP contribution in [0.5, 0.6) is 11.5 Å². The van der Waals surface area contributed by atoms with Crippen molar-refractivity contribution < 1.29 is 23.8 Å². The third kappa shape index (κ3) is 5.03. The zero-order chi connectivity index (χ0) is 22.2. The number of para-hydroxylation sites is 1. The number of carbonyl (C=O) groups excluding carboxylic acids is 2. The van der Waals surface area contributed by atoms with Gasteiger partial charge in [-0.15, -0.1) is 6.42 Å². The summed E-state index contributed by atoms with van der Waals surface area (Å²) >= 11 is 0. The van der Waals surface area contributed by atoms with Gasteiger partial charge in [0.25, 0.3) is 5.91 Å². The van der Waals surface area contributed by atoms with E-state index < -0.39 is 18.5 Å². The minimum Gasteiger partial charge on any atom is -0.493 e. The molecule has 2 aromatic carbocycles. The Kier molecular flexibility index (Phi) is 6.91. The molecule has 0 unspecified atom stereocenters. The van der Waals surface area contributed by atoms with E-state index in [0.717, 1.165) is 5.69 Å². The summed E-state index contributed by atoms with van der Waals surface area (Å²) in [5, 5.41) is 7.01. The molecule has 0 aliphatic heterocycles. The third-order valence-electron chi connectivity index (χ3n) is 4.33. The van der Waals surface area contributed by atoms with Gasteiger partial charge in [0.2, 0.25) is 0 Å². The number of terminal acetylenes is 1. The highest BCUT2D eigenvalue weighted by atomic mass is 16.5. The van der Waals surface area contributed by atoms with Crippen LogP contribution in [0.25, 0.3) is 16.9 Å². The number of hydrogen-bond donors (Lipinski definition) is 1. The highest BCUT2D eigenvalue weighted by Gasteiger charge is 2.22. The molecule has 8 nitrogen and oxygen atoms in total. The summed E-state index contributed by atoms with van der Waals surface area (Å²) in [5.41, 5.74) is 1.95. The van der Waals surface area contributed by atoms with Crippen LogP contribution in [-0.2, 0) is 9.53 Å². The van der Waals surface area contributed by atoms with Gasteiger partial charge in [-0.25, -0.2) is 9.48 Å². The average molecular weight is 419 g/mol. The Morgan fingerprint density at radius 3 is 2.52 bits per heavy atom. The summed E-state index contributed by atoms with van der Waals surface area (Å²) < 4.78 is 17.4. The first-order valence-corrected chi connectivity index (χ1v) is 9.32. The van der Waals surface area contributed by atoms with E-state index in [0.29, 0.717) is 22.8 Å². The van der Waals surface area contributed by atoms with Gasteiger partial charge < -0.3 is 19.5 Å². The molecular weight excluding hydrogens is 398 g/mol. The molecule has 3 rings (SSSR count). The summed E-state index contributed by atoms with van der Waals surface area (Å²) in [6.45, 7) is -0.401. The van der Waals surface area contributed by atoms with Crippen molar-refractivity contribution in [3.05, 3.63) is 60.3 Å². The van der Waals surface area contributed by atoms with E-state index in [9.17, 15) is 9.59 Å². The molecule has 0 saturated heterocycles. The largest absolute Gasteiger partial charge is 0.493 e. The Morgan fingerprint density at radius 1 is 1.10 bits per heavy atom. The van der Waals surface area contributed by atoms with Crippen LogP contribution in [0.3, 0.4) is 0 Å². The number of carbonyl (C=O) groups is 2. The lowest BCUT2D eigenvalue weighted by molar-refractivity contribution is -0.123. The Labute approximate surface area is 179 Å². The molecule has 1 aromatic heterocycles. The van der Waals surface area contributed by atoms with E-state index in [-0.39, 0.29) is 12.1 Å². The molecule has 0 spiro atoms. The molecule has 0 aliphatic rings. The molecule has 0 bridgehead atoms. The monoisotopic (exact) mass is 419 g/mol. The van der Waals surface area contributed by atoms with Crippen LogP contribution in [0.15, 0.2) is 54.7 Å². The molecule has 0 saturated carbocycles. The maximum atomic E-state index is 12.8. The Morgan fingerprint density at radius 2 is 1.84 bits per heavy atom. The number of nitrogens with zero attached hydrogens (tertiary/aromatic N) is 2. The van der Waals surface area contributed by atoms with Gasteiger partial charge in [0.05, 0.1) is 26.5 Å². The first-order chi connectivity index (χ1) is 15.1. The van der Waals surface area contributed by atoms with Crippen molar-refractivity contribution in [3.63, 3.8) is 0 Å². The van der Waals surface area contributed by atoms with Gasteiger partial charge >= 0.3 is 5.97 Å². The lowest BCUT2D eigenvalue weighted by Gasteiger charge is -2.09. The van der Waals surface area contributed by atoms with Crippen molar-refractivity contribution in [2.45, 2.75) is 0 Å². The van der Waals surface area contributed by atoms with E-state index in [1.165, 1.54) is 14.2 Å². The van der Waals surface area contributed by atoms with Crippen molar-refractivity contribution in [2.24, 2.45) is 0 Å². The van der Waals surface area contributed by atoms with Crippen molar-refractivity contribution in [3.8, 4) is 40.8 Å². The van der Waals surface area contributed by atoms with Gasteiger partial charge in [-0.1, -0.05) is 24.1 Å². The van der Waals surface area contributed by atoms with Gasteiger partial charge in [-0.2, -0.15) is 5.10 Å². The van der Waals surface area contributed by atoms with Gasteiger partial charge in [0.1, 0.15) is 11.3 Å². The summed E-state index contributed by atoms with van der Waals surface area (Å²) in [6.07, 6.45) is 6.67. The molecule has 158 valence electrons. The minimum absolute atomic E-state index is 0.0548. The summed E-state index contributed by atoms with van der Waals surface area (Å²) in [6, 6.07) is 14.5. The Bertz CT molecular complexity index is 1120. The number of methoxy groups -OCH3 is 2. The minimum atomic E-state index is -0.692. The number of nitrogens with one attached hydrogen (secondary N) is 1. The Balaban J connectivity index is 1.97. The van der Waals surface area contributed by atoms with E-state index in [1.807, 2.05) is 30.3 Å². The number of esters is 1. The van der Waals surface area contributed by atoms with Crippen LogP contribution in [-0.4, -0.2) is 49.0 Å². The molecule has 0 radical (unpaired) electrons. The van der Waals surface area contributed by atoms with Gasteiger partial charge in [0, 0.05) is 11.8 Å². The smallest absolute Gasteiger partial charge is 0.342 e. The van der Waals surface area contributed by atoms with Crippen LogP contribution in [0.2, 0.25) is 0 Å². The maximum absolute atomic E-state index is 12.8. The molecule has 0 fully saturated rings. The first kappa shape index (κ1) is 21.5. The highest BCUT2D eigenvalue weighted by molar-refractivity contribution is 5.97. The number of benzene rings is 2. The normalized spacial score (nSPS) is 10.1. The Hall–Kier alpha value is -4.25. The van der Waals surface area contributed by atoms with Gasteiger partial charge in [0.15, 0.2) is 18.1 Å². The van der Waals surface area contributed by atoms with E-state index in [2.05, 4.69) is 16.3 Å². The number of amides is 1. The van der Waals surface area contributed by atoms with Crippen molar-refractivity contribution in [2.75, 3.05) is 27.4 Å². The van der Waals surface area contributed by atoms with Crippen molar-refractivity contribution in [1.29, 1.82) is 0 Å². The standard InChI is InChI=1S/C23H21N3O5/c1-4-12-24-21(27)15-31-23(28)18-14-26(17-8-6-5-7-9-17)25-22(18)16-10-11-19(29-2)20(13-16)30-3/h1,5-11,13-14H,12,15H2,2-3H3,(H,24,27). The molecule has 1 heterocycles. The zero-order valence-electron chi connectivity index (χ0n) is 17.1. The summed E-state index contributed by atoms with van der Waals surface area (Å²) in [5.74, 6) is 2.13. The molecule has 1 N–H and O–H groups in total. The second-order valence-electron chi connectivity index (χ2n) is 6.30. The van der Waals surface area contributed by atoms with Crippen LogP contribution in [0.4, 0.5) is 0 Å². The highest BCUT2D eigenvalue weighted by Crippen LogP contribution is 2.33. The molecular formula is C23H21N3O5. The lowest BCUT2D eigenvalue weighted by atomic mass is 10.1. The van der Waals surface area contributed by atoms with Crippen LogP contribution < -0.4 is 14.8 Å². The zero-order valence-corrected chi connectivity index (χ0v) is 17.1. The molecule has 3 aromatic rings. The predicted octanol–water partition coefficient (Wildman–Crippen LogP) is 2.46. The van der Waals surface area contributed by atoms with Crippen molar-refractivity contribution in [1.82, 2.24) is 15.1 Å². The number of hydrogen-bond acceptors (Lipinski definition) is 6. The molecule has 8 heteroatoms. The van der Waals surface area contributed by atoms with Crippen LogP contribution in [0, 0.1) is 12.3 Å². The second-order valence-corrected chi connectivity index (χ2v) is 6.30. The third-order valence-corrected chi connectivity index (χ3v) is 4.33. The van der Waals surface area contributed by atoms with Gasteiger partial charge in [-0.3, -0.25) is 4.79 Å². The molecule has 1 amide bonds. The summed E-state index contributed by atoms with van der Waals surface area (Å²) in [7, 11) is 3.06. The van der Waals surface area contributed by atoms with Crippen LogP contribution in [0.1, 0.15) is 10.4 Å². The molecule has 0 aliphatic carbocycles. The van der Waals surface area contributed by atoms with Crippen LogP contribution >= 0.6 is 0 Å². The maximum Gasteiger partial charge on any atom is 0.342 e. The van der Waals surface area contributed by atoms with Crippen molar-refractivity contribution >= 4 is 11.9 Å². The molecule has 31 heavy (non-hydrogen) atoms.